The van der Waals surface area contributed by atoms with Crippen molar-refractivity contribution in [3.05, 3.63) is 0 Å². The van der Waals surface area contributed by atoms with Gasteiger partial charge in [-0.3, -0.25) is 0 Å². The van der Waals surface area contributed by atoms with E-state index in [1.807, 2.05) is 16.7 Å². The van der Waals surface area contributed by atoms with Gasteiger partial charge in [-0.25, -0.2) is 4.79 Å². The monoisotopic (exact) mass is 202 g/mol. The minimum atomic E-state index is 0.121. The van der Waals surface area contributed by atoms with Gasteiger partial charge in [0.2, 0.25) is 0 Å². The van der Waals surface area contributed by atoms with Crippen LogP contribution in [-0.4, -0.2) is 42.6 Å². The topological polar surface area (TPSA) is 32.3 Å². The number of thioether (sulfide) groups is 1. The van der Waals surface area contributed by atoms with Gasteiger partial charge >= 0.3 is 6.03 Å². The summed E-state index contributed by atoms with van der Waals surface area (Å²) in [5, 5.41) is 2.85. The van der Waals surface area contributed by atoms with Crippen LogP contribution in [0.4, 0.5) is 4.79 Å². The molecule has 1 N–H and O–H groups in total. The third-order valence-corrected chi connectivity index (χ3v) is 2.89. The average molecular weight is 202 g/mol. The second-order valence-electron chi connectivity index (χ2n) is 3.27. The minimum Gasteiger partial charge on any atom is -0.338 e. The van der Waals surface area contributed by atoms with Crippen molar-refractivity contribution in [3.8, 4) is 0 Å². The van der Waals surface area contributed by atoms with E-state index in [9.17, 15) is 4.79 Å². The first kappa shape index (κ1) is 10.7. The third kappa shape index (κ3) is 3.89. The molecule has 0 radical (unpaired) electrons. The van der Waals surface area contributed by atoms with Crippen molar-refractivity contribution >= 4 is 17.8 Å². The Morgan fingerprint density at radius 2 is 2.38 bits per heavy atom. The maximum absolute atomic E-state index is 11.3. The van der Waals surface area contributed by atoms with Gasteiger partial charge in [0.1, 0.15) is 0 Å². The zero-order valence-corrected chi connectivity index (χ0v) is 9.03. The predicted octanol–water partition coefficient (Wildman–Crippen LogP) is 1.54. The zero-order valence-electron chi connectivity index (χ0n) is 8.21. The molecule has 4 heteroatoms. The van der Waals surface area contributed by atoms with E-state index in [2.05, 4.69) is 11.6 Å². The summed E-state index contributed by atoms with van der Waals surface area (Å²) in [5.41, 5.74) is 0. The lowest BCUT2D eigenvalue weighted by Gasteiger charge is -2.27. The lowest BCUT2D eigenvalue weighted by atomic mass is 10.2. The van der Waals surface area contributed by atoms with Crippen LogP contribution in [0.15, 0.2) is 0 Å². The van der Waals surface area contributed by atoms with E-state index in [1.54, 1.807) is 0 Å². The van der Waals surface area contributed by atoms with E-state index in [1.165, 1.54) is 12.2 Å². The average Bonchev–Trinajstić information content (AvgIpc) is 2.15. The fraction of sp³-hybridized carbons (Fsp3) is 0.889. The molecule has 3 nitrogen and oxygen atoms in total. The summed E-state index contributed by atoms with van der Waals surface area (Å²) in [7, 11) is 0. The Labute approximate surface area is 84.2 Å². The molecule has 0 aromatic carbocycles. The highest BCUT2D eigenvalue weighted by molar-refractivity contribution is 7.98. The second kappa shape index (κ2) is 6.13. The van der Waals surface area contributed by atoms with Crippen LogP contribution in [0.5, 0.6) is 0 Å². The Hall–Kier alpha value is -0.380. The number of hydrogen-bond donors (Lipinski definition) is 1. The number of rotatable bonds is 5. The number of carbonyl (C=O) groups is 1. The Kier molecular flexibility index (Phi) is 5.05. The smallest absolute Gasteiger partial charge is 0.317 e. The summed E-state index contributed by atoms with van der Waals surface area (Å²) in [4.78, 5) is 13.2. The number of urea groups is 1. The molecule has 1 rings (SSSR count). The van der Waals surface area contributed by atoms with Crippen LogP contribution in [-0.2, 0) is 0 Å². The molecule has 0 bridgehead atoms. The van der Waals surface area contributed by atoms with Crippen LogP contribution in [0, 0.1) is 0 Å². The van der Waals surface area contributed by atoms with Crippen molar-refractivity contribution in [2.45, 2.75) is 19.3 Å². The fourth-order valence-corrected chi connectivity index (χ4v) is 1.93. The molecule has 76 valence electrons. The van der Waals surface area contributed by atoms with Crippen molar-refractivity contribution in [2.24, 2.45) is 0 Å². The predicted molar refractivity (Wildman–Crippen MR) is 57.2 cm³/mol. The molecule has 0 spiro atoms. The molecular formula is C9H18N2OS. The first-order valence-electron chi connectivity index (χ1n) is 4.86. The maximum atomic E-state index is 11.3. The van der Waals surface area contributed by atoms with Crippen LogP contribution < -0.4 is 5.32 Å². The van der Waals surface area contributed by atoms with Gasteiger partial charge < -0.3 is 10.2 Å². The first-order valence-corrected chi connectivity index (χ1v) is 6.25. The van der Waals surface area contributed by atoms with E-state index >= 15 is 0 Å². The Morgan fingerprint density at radius 3 is 3.08 bits per heavy atom. The minimum absolute atomic E-state index is 0.121. The molecule has 1 aliphatic rings. The first-order chi connectivity index (χ1) is 6.34. The van der Waals surface area contributed by atoms with Crippen LogP contribution in [0.2, 0.25) is 0 Å². The summed E-state index contributed by atoms with van der Waals surface area (Å²) in [6, 6.07) is 0.121. The van der Waals surface area contributed by atoms with Crippen molar-refractivity contribution < 1.29 is 4.79 Å². The van der Waals surface area contributed by atoms with Crippen LogP contribution in [0.1, 0.15) is 19.3 Å². The number of amides is 2. The Morgan fingerprint density at radius 1 is 1.54 bits per heavy atom. The van der Waals surface area contributed by atoms with Crippen LogP contribution in [0.3, 0.4) is 0 Å². The summed E-state index contributed by atoms with van der Waals surface area (Å²) in [5.74, 6) is 1.20. The lowest BCUT2D eigenvalue weighted by Crippen LogP contribution is -2.46. The van der Waals surface area contributed by atoms with Crippen molar-refractivity contribution in [2.75, 3.05) is 31.6 Å². The third-order valence-electron chi connectivity index (χ3n) is 2.19. The van der Waals surface area contributed by atoms with E-state index < -0.39 is 0 Å². The van der Waals surface area contributed by atoms with Crippen molar-refractivity contribution in [1.29, 1.82) is 0 Å². The SMILES string of the molecule is CSCCCCN1CCCNC1=O. The molecule has 0 unspecified atom stereocenters. The fourth-order valence-electron chi connectivity index (χ4n) is 1.44. The Balaban J connectivity index is 2.08. The molecule has 13 heavy (non-hydrogen) atoms. The molecule has 1 saturated heterocycles. The maximum Gasteiger partial charge on any atom is 0.317 e. The van der Waals surface area contributed by atoms with E-state index in [-0.39, 0.29) is 6.03 Å². The molecule has 1 aliphatic heterocycles. The molecule has 0 aromatic rings. The summed E-state index contributed by atoms with van der Waals surface area (Å²) in [6.45, 7) is 2.71. The molecule has 0 saturated carbocycles. The highest BCUT2D eigenvalue weighted by Crippen LogP contribution is 2.04. The number of nitrogens with one attached hydrogen (secondary N) is 1. The molecule has 0 atom stereocenters. The number of unbranched alkanes of at least 4 members (excludes halogenated alkanes) is 1. The standard InChI is InChI=1S/C9H18N2OS/c1-13-8-3-2-6-11-7-4-5-10-9(11)12/h2-8H2,1H3,(H,10,12). The van der Waals surface area contributed by atoms with Gasteiger partial charge in [0.15, 0.2) is 0 Å². The molecule has 1 heterocycles. The second-order valence-corrected chi connectivity index (χ2v) is 4.26. The van der Waals surface area contributed by atoms with Gasteiger partial charge in [-0.05, 0) is 31.3 Å². The van der Waals surface area contributed by atoms with Gasteiger partial charge in [-0.2, -0.15) is 11.8 Å². The summed E-state index contributed by atoms with van der Waals surface area (Å²) < 4.78 is 0. The van der Waals surface area contributed by atoms with Gasteiger partial charge in [-0.15, -0.1) is 0 Å². The molecule has 2 amide bonds. The Bertz CT molecular complexity index is 164. The highest BCUT2D eigenvalue weighted by atomic mass is 32.2. The molecular weight excluding hydrogens is 184 g/mol. The number of nitrogens with zero attached hydrogens (tertiary/aromatic N) is 1. The quantitative estimate of drug-likeness (QED) is 0.686. The van der Waals surface area contributed by atoms with E-state index in [4.69, 9.17) is 0 Å². The van der Waals surface area contributed by atoms with Crippen molar-refractivity contribution in [3.63, 3.8) is 0 Å². The number of carbonyl (C=O) groups excluding carboxylic acids is 1. The zero-order chi connectivity index (χ0) is 9.52. The van der Waals surface area contributed by atoms with Crippen molar-refractivity contribution in [1.82, 2.24) is 10.2 Å². The van der Waals surface area contributed by atoms with Gasteiger partial charge in [0.25, 0.3) is 0 Å². The largest absolute Gasteiger partial charge is 0.338 e. The van der Waals surface area contributed by atoms with Crippen LogP contribution >= 0.6 is 11.8 Å². The summed E-state index contributed by atoms with van der Waals surface area (Å²) in [6.07, 6.45) is 5.56. The highest BCUT2D eigenvalue weighted by Gasteiger charge is 2.15. The van der Waals surface area contributed by atoms with Gasteiger partial charge in [-0.1, -0.05) is 0 Å². The molecule has 0 aromatic heterocycles. The van der Waals surface area contributed by atoms with Crippen LogP contribution in [0.25, 0.3) is 0 Å². The summed E-state index contributed by atoms with van der Waals surface area (Å²) >= 11 is 1.87. The van der Waals surface area contributed by atoms with E-state index in [0.717, 1.165) is 32.5 Å². The molecule has 0 aliphatic carbocycles. The van der Waals surface area contributed by atoms with E-state index in [0.29, 0.717) is 0 Å². The number of hydrogen-bond acceptors (Lipinski definition) is 2. The molecule has 1 fully saturated rings. The van der Waals surface area contributed by atoms with Gasteiger partial charge in [0.05, 0.1) is 0 Å². The van der Waals surface area contributed by atoms with Gasteiger partial charge in [0, 0.05) is 19.6 Å². The normalized spacial score (nSPS) is 17.3. The lowest BCUT2D eigenvalue weighted by molar-refractivity contribution is 0.185.